The van der Waals surface area contributed by atoms with Crippen molar-refractivity contribution >= 4 is 11.4 Å². The fourth-order valence-electron chi connectivity index (χ4n) is 0.825. The third-order valence-corrected chi connectivity index (χ3v) is 1.43. The van der Waals surface area contributed by atoms with Gasteiger partial charge >= 0.3 is 0 Å². The van der Waals surface area contributed by atoms with Crippen molar-refractivity contribution in [2.24, 2.45) is 0 Å². The first-order valence-electron chi connectivity index (χ1n) is 3.25. The maximum atomic E-state index is 8.36. The highest BCUT2D eigenvalue weighted by Crippen LogP contribution is 2.15. The molecule has 0 bridgehead atoms. The smallest absolute Gasteiger partial charge is 0.0669 e. The van der Waals surface area contributed by atoms with Gasteiger partial charge in [0.15, 0.2) is 0 Å². The Morgan fingerprint density at radius 3 is 2.55 bits per heavy atom. The van der Waals surface area contributed by atoms with Crippen LogP contribution in [0, 0.1) is 11.3 Å². The quantitative estimate of drug-likeness (QED) is 0.580. The van der Waals surface area contributed by atoms with Crippen molar-refractivity contribution in [2.45, 2.75) is 6.42 Å². The SMILES string of the molecule is N#CCc1ccc(N)c(N)c1. The lowest BCUT2D eigenvalue weighted by molar-refractivity contribution is 1.27. The molecule has 1 aromatic rings. The molecule has 1 aromatic carbocycles. The topological polar surface area (TPSA) is 75.8 Å². The number of nitriles is 1. The van der Waals surface area contributed by atoms with E-state index in [4.69, 9.17) is 16.7 Å². The first kappa shape index (κ1) is 7.42. The van der Waals surface area contributed by atoms with Gasteiger partial charge < -0.3 is 11.5 Å². The molecule has 0 aliphatic rings. The molecule has 0 spiro atoms. The van der Waals surface area contributed by atoms with E-state index in [0.717, 1.165) is 5.56 Å². The molecule has 0 radical (unpaired) electrons. The number of anilines is 2. The number of hydrogen-bond donors (Lipinski definition) is 2. The highest BCUT2D eigenvalue weighted by molar-refractivity contribution is 5.64. The highest BCUT2D eigenvalue weighted by atomic mass is 14.7. The third kappa shape index (κ3) is 1.62. The second kappa shape index (κ2) is 2.93. The van der Waals surface area contributed by atoms with Crippen molar-refractivity contribution in [1.29, 1.82) is 5.26 Å². The molecule has 3 nitrogen and oxygen atoms in total. The first-order chi connectivity index (χ1) is 5.24. The molecule has 0 aliphatic heterocycles. The summed E-state index contributed by atoms with van der Waals surface area (Å²) in [7, 11) is 0. The van der Waals surface area contributed by atoms with Gasteiger partial charge in [0, 0.05) is 0 Å². The summed E-state index contributed by atoms with van der Waals surface area (Å²) in [6, 6.07) is 7.27. The molecule has 0 heterocycles. The molecule has 3 heteroatoms. The summed E-state index contributed by atoms with van der Waals surface area (Å²) in [5, 5.41) is 8.36. The Morgan fingerprint density at radius 1 is 1.27 bits per heavy atom. The van der Waals surface area contributed by atoms with E-state index in [2.05, 4.69) is 0 Å². The molecule has 0 saturated heterocycles. The Morgan fingerprint density at radius 2 is 2.00 bits per heavy atom. The average molecular weight is 147 g/mol. The van der Waals surface area contributed by atoms with E-state index in [1.807, 2.05) is 6.07 Å². The van der Waals surface area contributed by atoms with Gasteiger partial charge in [-0.2, -0.15) is 5.26 Å². The summed E-state index contributed by atoms with van der Waals surface area (Å²) in [6.07, 6.45) is 0.379. The van der Waals surface area contributed by atoms with Crippen molar-refractivity contribution in [2.75, 3.05) is 11.5 Å². The third-order valence-electron chi connectivity index (χ3n) is 1.43. The van der Waals surface area contributed by atoms with Crippen LogP contribution in [0.3, 0.4) is 0 Å². The van der Waals surface area contributed by atoms with Crippen molar-refractivity contribution in [1.82, 2.24) is 0 Å². The molecule has 0 fully saturated rings. The van der Waals surface area contributed by atoms with Crippen LogP contribution < -0.4 is 11.5 Å². The predicted octanol–water partition coefficient (Wildman–Crippen LogP) is 0.917. The maximum absolute atomic E-state index is 8.36. The van der Waals surface area contributed by atoms with Crippen LogP contribution in [0.25, 0.3) is 0 Å². The van der Waals surface area contributed by atoms with E-state index >= 15 is 0 Å². The Balaban J connectivity index is 2.98. The Bertz CT molecular complexity index is 299. The molecule has 0 aliphatic carbocycles. The zero-order chi connectivity index (χ0) is 8.27. The van der Waals surface area contributed by atoms with Gasteiger partial charge in [0.2, 0.25) is 0 Å². The van der Waals surface area contributed by atoms with Crippen LogP contribution in [-0.2, 0) is 6.42 Å². The van der Waals surface area contributed by atoms with Crippen molar-refractivity contribution in [3.05, 3.63) is 23.8 Å². The lowest BCUT2D eigenvalue weighted by atomic mass is 10.1. The highest BCUT2D eigenvalue weighted by Gasteiger charge is 1.95. The standard InChI is InChI=1S/C8H9N3/c9-4-3-6-1-2-7(10)8(11)5-6/h1-2,5H,3,10-11H2. The van der Waals surface area contributed by atoms with E-state index in [-0.39, 0.29) is 0 Å². The van der Waals surface area contributed by atoms with Gasteiger partial charge in [0.1, 0.15) is 0 Å². The molecule has 0 saturated carbocycles. The molecule has 1 rings (SSSR count). The minimum Gasteiger partial charge on any atom is -0.397 e. The normalized spacial score (nSPS) is 9.00. The molecule has 0 amide bonds. The number of benzene rings is 1. The molecule has 4 N–H and O–H groups in total. The lowest BCUT2D eigenvalue weighted by Gasteiger charge is -2.00. The van der Waals surface area contributed by atoms with Gasteiger partial charge in [-0.1, -0.05) is 6.07 Å². The zero-order valence-electron chi connectivity index (χ0n) is 6.04. The lowest BCUT2D eigenvalue weighted by Crippen LogP contribution is -1.95. The fraction of sp³-hybridized carbons (Fsp3) is 0.125. The molecule has 0 atom stereocenters. The summed E-state index contributed by atoms with van der Waals surface area (Å²) in [6.45, 7) is 0. The van der Waals surface area contributed by atoms with Gasteiger partial charge in [0.05, 0.1) is 23.9 Å². The van der Waals surface area contributed by atoms with E-state index in [0.29, 0.717) is 17.8 Å². The second-order valence-corrected chi connectivity index (χ2v) is 2.30. The van der Waals surface area contributed by atoms with Crippen LogP contribution in [0.5, 0.6) is 0 Å². The summed E-state index contributed by atoms with van der Waals surface area (Å²) >= 11 is 0. The van der Waals surface area contributed by atoms with Gasteiger partial charge in [-0.15, -0.1) is 0 Å². The average Bonchev–Trinajstić information content (AvgIpc) is 1.98. The van der Waals surface area contributed by atoms with Crippen molar-refractivity contribution in [3.8, 4) is 6.07 Å². The molecule has 0 unspecified atom stereocenters. The predicted molar refractivity (Wildman–Crippen MR) is 44.6 cm³/mol. The van der Waals surface area contributed by atoms with Gasteiger partial charge in [0.25, 0.3) is 0 Å². The molecule has 56 valence electrons. The maximum Gasteiger partial charge on any atom is 0.0669 e. The Labute approximate surface area is 65.2 Å². The van der Waals surface area contributed by atoms with Crippen molar-refractivity contribution < 1.29 is 0 Å². The monoisotopic (exact) mass is 147 g/mol. The van der Waals surface area contributed by atoms with E-state index in [1.165, 1.54) is 0 Å². The van der Waals surface area contributed by atoms with E-state index < -0.39 is 0 Å². The van der Waals surface area contributed by atoms with Crippen LogP contribution in [0.1, 0.15) is 5.56 Å². The van der Waals surface area contributed by atoms with Crippen LogP contribution in [0.4, 0.5) is 11.4 Å². The number of nitrogens with two attached hydrogens (primary N) is 2. The summed E-state index contributed by atoms with van der Waals surface area (Å²) < 4.78 is 0. The van der Waals surface area contributed by atoms with E-state index in [9.17, 15) is 0 Å². The van der Waals surface area contributed by atoms with Gasteiger partial charge in [-0.05, 0) is 17.7 Å². The summed E-state index contributed by atoms with van der Waals surface area (Å²) in [4.78, 5) is 0. The number of rotatable bonds is 1. The minimum atomic E-state index is 0.379. The summed E-state index contributed by atoms with van der Waals surface area (Å²) in [5.74, 6) is 0. The Kier molecular flexibility index (Phi) is 1.98. The number of nitrogen functional groups attached to an aromatic ring is 2. The van der Waals surface area contributed by atoms with Crippen molar-refractivity contribution in [3.63, 3.8) is 0 Å². The van der Waals surface area contributed by atoms with E-state index in [1.54, 1.807) is 18.2 Å². The zero-order valence-corrected chi connectivity index (χ0v) is 6.04. The molecular formula is C8H9N3. The molecule has 0 aromatic heterocycles. The van der Waals surface area contributed by atoms with Crippen LogP contribution >= 0.6 is 0 Å². The minimum absolute atomic E-state index is 0.379. The molecule has 11 heavy (non-hydrogen) atoms. The fourth-order valence-corrected chi connectivity index (χ4v) is 0.825. The van der Waals surface area contributed by atoms with Gasteiger partial charge in [-0.25, -0.2) is 0 Å². The second-order valence-electron chi connectivity index (χ2n) is 2.30. The molecular weight excluding hydrogens is 138 g/mol. The first-order valence-corrected chi connectivity index (χ1v) is 3.25. The Hall–Kier alpha value is -1.69. The largest absolute Gasteiger partial charge is 0.397 e. The number of hydrogen-bond acceptors (Lipinski definition) is 3. The van der Waals surface area contributed by atoms with Crippen LogP contribution in [-0.4, -0.2) is 0 Å². The summed E-state index contributed by atoms with van der Waals surface area (Å²) in [5.41, 5.74) is 13.0. The van der Waals surface area contributed by atoms with Gasteiger partial charge in [-0.3, -0.25) is 0 Å². The van der Waals surface area contributed by atoms with Crippen LogP contribution in [0.15, 0.2) is 18.2 Å². The number of nitrogens with zero attached hydrogens (tertiary/aromatic N) is 1. The van der Waals surface area contributed by atoms with Crippen LogP contribution in [0.2, 0.25) is 0 Å².